The summed E-state index contributed by atoms with van der Waals surface area (Å²) in [6.45, 7) is 10.8. The van der Waals surface area contributed by atoms with Crippen LogP contribution in [-0.2, 0) is 13.6 Å². The maximum atomic E-state index is 6.37. The predicted molar refractivity (Wildman–Crippen MR) is 84.1 cm³/mol. The summed E-state index contributed by atoms with van der Waals surface area (Å²) in [5.74, 6) is 0.659. The highest BCUT2D eigenvalue weighted by Gasteiger charge is 2.21. The molecule has 0 spiro atoms. The third kappa shape index (κ3) is 3.96. The van der Waals surface area contributed by atoms with Gasteiger partial charge in [0.2, 0.25) is 0 Å². The summed E-state index contributed by atoms with van der Waals surface area (Å²) in [5, 5.41) is 8.78. The van der Waals surface area contributed by atoms with Gasteiger partial charge in [0.05, 0.1) is 5.69 Å². The smallest absolute Gasteiger partial charge is 0.131 e. The molecule has 0 amide bonds. The van der Waals surface area contributed by atoms with Crippen LogP contribution in [-0.4, -0.2) is 40.4 Å². The van der Waals surface area contributed by atoms with E-state index in [2.05, 4.69) is 29.2 Å². The monoisotopic (exact) mass is 298 g/mol. The normalized spacial score (nSPS) is 19.4. The fraction of sp³-hybridized carbons (Fsp3) is 0.800. The van der Waals surface area contributed by atoms with Gasteiger partial charge in [-0.1, -0.05) is 25.4 Å². The van der Waals surface area contributed by atoms with Crippen LogP contribution in [0.15, 0.2) is 0 Å². The number of nitrogens with one attached hydrogen (secondary N) is 1. The van der Waals surface area contributed by atoms with Gasteiger partial charge < -0.3 is 5.32 Å². The van der Waals surface area contributed by atoms with Crippen molar-refractivity contribution in [1.82, 2.24) is 20.0 Å². The van der Waals surface area contributed by atoms with Crippen LogP contribution >= 0.6 is 11.6 Å². The third-order valence-electron chi connectivity index (χ3n) is 3.92. The number of nitrogens with zero attached hydrogens (tertiary/aromatic N) is 3. The average Bonchev–Trinajstić information content (AvgIpc) is 2.93. The van der Waals surface area contributed by atoms with Crippen LogP contribution in [0, 0.1) is 12.8 Å². The van der Waals surface area contributed by atoms with Crippen molar-refractivity contribution in [3.8, 4) is 0 Å². The van der Waals surface area contributed by atoms with Crippen molar-refractivity contribution in [2.75, 3.05) is 19.6 Å². The zero-order valence-corrected chi connectivity index (χ0v) is 13.9. The highest BCUT2D eigenvalue weighted by atomic mass is 35.5. The Balaban J connectivity index is 2.05. The number of aryl methyl sites for hydroxylation is 2. The summed E-state index contributed by atoms with van der Waals surface area (Å²) in [7, 11) is 1.91. The lowest BCUT2D eigenvalue weighted by Gasteiger charge is -2.27. The molecule has 5 heteroatoms. The molecule has 114 valence electrons. The molecule has 1 aromatic heterocycles. The van der Waals surface area contributed by atoms with Crippen LogP contribution in [0.3, 0.4) is 0 Å². The molecule has 1 aromatic rings. The lowest BCUT2D eigenvalue weighted by Crippen LogP contribution is -2.39. The van der Waals surface area contributed by atoms with Crippen LogP contribution in [0.2, 0.25) is 5.15 Å². The average molecular weight is 299 g/mol. The van der Waals surface area contributed by atoms with E-state index in [4.69, 9.17) is 11.6 Å². The van der Waals surface area contributed by atoms with Crippen molar-refractivity contribution in [3.63, 3.8) is 0 Å². The molecule has 1 fully saturated rings. The van der Waals surface area contributed by atoms with Gasteiger partial charge in [-0.25, -0.2) is 0 Å². The Bertz CT molecular complexity index is 435. The summed E-state index contributed by atoms with van der Waals surface area (Å²) < 4.78 is 1.77. The van der Waals surface area contributed by atoms with Gasteiger partial charge in [-0.2, -0.15) is 5.10 Å². The van der Waals surface area contributed by atoms with E-state index in [1.54, 1.807) is 4.68 Å². The first-order valence-corrected chi connectivity index (χ1v) is 7.99. The van der Waals surface area contributed by atoms with Gasteiger partial charge in [-0.05, 0) is 32.2 Å². The van der Waals surface area contributed by atoms with Crippen molar-refractivity contribution >= 4 is 11.6 Å². The molecule has 1 unspecified atom stereocenters. The van der Waals surface area contributed by atoms with Crippen LogP contribution in [0.1, 0.15) is 37.9 Å². The van der Waals surface area contributed by atoms with E-state index in [9.17, 15) is 0 Å². The Morgan fingerprint density at radius 3 is 2.75 bits per heavy atom. The van der Waals surface area contributed by atoms with Gasteiger partial charge in [0.15, 0.2) is 0 Å². The third-order valence-corrected chi connectivity index (χ3v) is 4.39. The van der Waals surface area contributed by atoms with Gasteiger partial charge in [-0.3, -0.25) is 9.58 Å². The number of hydrogen-bond donors (Lipinski definition) is 1. The van der Waals surface area contributed by atoms with E-state index in [0.717, 1.165) is 37.0 Å². The Labute approximate surface area is 127 Å². The van der Waals surface area contributed by atoms with Crippen LogP contribution in [0.5, 0.6) is 0 Å². The molecule has 4 nitrogen and oxygen atoms in total. The molecule has 1 aliphatic heterocycles. The second-order valence-corrected chi connectivity index (χ2v) is 6.72. The second kappa shape index (κ2) is 6.92. The van der Waals surface area contributed by atoms with Crippen LogP contribution in [0.25, 0.3) is 0 Å². The standard InChI is InChI=1S/C15H27ClN4/c1-11(2)8-20(9-13-6-5-7-17-13)10-14-12(3)18-19(4)15(14)16/h11,13,17H,5-10H2,1-4H3. The topological polar surface area (TPSA) is 33.1 Å². The van der Waals surface area contributed by atoms with Gasteiger partial charge in [0, 0.05) is 38.3 Å². The van der Waals surface area contributed by atoms with E-state index in [0.29, 0.717) is 12.0 Å². The molecular weight excluding hydrogens is 272 g/mol. The number of halogens is 1. The SMILES string of the molecule is Cc1nn(C)c(Cl)c1CN(CC(C)C)CC1CCCN1. The molecule has 1 saturated heterocycles. The molecule has 2 heterocycles. The van der Waals surface area contributed by atoms with Crippen molar-refractivity contribution < 1.29 is 0 Å². The maximum absolute atomic E-state index is 6.37. The van der Waals surface area contributed by atoms with Gasteiger partial charge >= 0.3 is 0 Å². The molecule has 0 bridgehead atoms. The first-order valence-electron chi connectivity index (χ1n) is 7.61. The minimum atomic E-state index is 0.629. The van der Waals surface area contributed by atoms with Crippen molar-refractivity contribution in [1.29, 1.82) is 0 Å². The molecule has 0 aromatic carbocycles. The maximum Gasteiger partial charge on any atom is 0.131 e. The van der Waals surface area contributed by atoms with E-state index in [1.165, 1.54) is 18.4 Å². The Morgan fingerprint density at radius 2 is 2.25 bits per heavy atom. The number of hydrogen-bond acceptors (Lipinski definition) is 3. The summed E-state index contributed by atoms with van der Waals surface area (Å²) >= 11 is 6.37. The molecule has 1 aliphatic rings. The summed E-state index contributed by atoms with van der Waals surface area (Å²) in [5.41, 5.74) is 2.22. The Morgan fingerprint density at radius 1 is 1.50 bits per heavy atom. The minimum Gasteiger partial charge on any atom is -0.313 e. The second-order valence-electron chi connectivity index (χ2n) is 6.36. The number of rotatable bonds is 6. The molecule has 0 saturated carbocycles. The fourth-order valence-corrected chi connectivity index (χ4v) is 3.26. The zero-order valence-electron chi connectivity index (χ0n) is 13.1. The molecule has 0 radical (unpaired) electrons. The van der Waals surface area contributed by atoms with Crippen molar-refractivity contribution in [2.45, 2.75) is 46.2 Å². The quantitative estimate of drug-likeness (QED) is 0.876. The lowest BCUT2D eigenvalue weighted by molar-refractivity contribution is 0.216. The largest absolute Gasteiger partial charge is 0.313 e. The highest BCUT2D eigenvalue weighted by Crippen LogP contribution is 2.21. The van der Waals surface area contributed by atoms with Crippen molar-refractivity contribution in [3.05, 3.63) is 16.4 Å². The van der Waals surface area contributed by atoms with Crippen molar-refractivity contribution in [2.24, 2.45) is 13.0 Å². The van der Waals surface area contributed by atoms with Crippen LogP contribution < -0.4 is 5.32 Å². The summed E-state index contributed by atoms with van der Waals surface area (Å²) in [6.07, 6.45) is 2.58. The molecule has 2 rings (SSSR count). The molecule has 20 heavy (non-hydrogen) atoms. The van der Waals surface area contributed by atoms with E-state index in [-0.39, 0.29) is 0 Å². The van der Waals surface area contributed by atoms with Gasteiger partial charge in [0.25, 0.3) is 0 Å². The number of aromatic nitrogens is 2. The van der Waals surface area contributed by atoms with E-state index in [1.807, 2.05) is 14.0 Å². The zero-order chi connectivity index (χ0) is 14.7. The van der Waals surface area contributed by atoms with E-state index < -0.39 is 0 Å². The first kappa shape index (κ1) is 15.8. The molecule has 0 aliphatic carbocycles. The predicted octanol–water partition coefficient (Wildman–Crippen LogP) is 2.59. The van der Waals surface area contributed by atoms with Crippen LogP contribution in [0.4, 0.5) is 0 Å². The summed E-state index contributed by atoms with van der Waals surface area (Å²) in [4.78, 5) is 2.52. The Hall–Kier alpha value is -0.580. The Kier molecular flexibility index (Phi) is 5.47. The molecule has 1 N–H and O–H groups in total. The highest BCUT2D eigenvalue weighted by molar-refractivity contribution is 6.30. The summed E-state index contributed by atoms with van der Waals surface area (Å²) in [6, 6.07) is 0.629. The fourth-order valence-electron chi connectivity index (χ4n) is 3.02. The molecular formula is C15H27ClN4. The van der Waals surface area contributed by atoms with E-state index >= 15 is 0 Å². The minimum absolute atomic E-state index is 0.629. The lowest BCUT2D eigenvalue weighted by atomic mass is 10.1. The first-order chi connectivity index (χ1) is 9.47. The molecule has 1 atom stereocenters. The van der Waals surface area contributed by atoms with Gasteiger partial charge in [0.1, 0.15) is 5.15 Å². The van der Waals surface area contributed by atoms with Gasteiger partial charge in [-0.15, -0.1) is 0 Å².